The van der Waals surface area contributed by atoms with Gasteiger partial charge in [-0.1, -0.05) is 5.16 Å². The van der Waals surface area contributed by atoms with Crippen LogP contribution in [0.2, 0.25) is 0 Å². The van der Waals surface area contributed by atoms with E-state index in [2.05, 4.69) is 10.5 Å². The number of aliphatic carboxylic acids is 1. The maximum Gasteiger partial charge on any atom is 0.305 e. The van der Waals surface area contributed by atoms with Gasteiger partial charge in [0, 0.05) is 25.1 Å². The first-order chi connectivity index (χ1) is 10.1. The van der Waals surface area contributed by atoms with Gasteiger partial charge in [-0.2, -0.15) is 0 Å². The third-order valence-corrected chi connectivity index (χ3v) is 3.69. The van der Waals surface area contributed by atoms with Gasteiger partial charge in [-0.15, -0.1) is 0 Å². The molecule has 1 aliphatic heterocycles. The molecule has 2 fully saturated rings. The van der Waals surface area contributed by atoms with E-state index in [9.17, 15) is 14.4 Å². The molecule has 2 heterocycles. The number of carbonyl (C=O) groups excluding carboxylic acids is 2. The summed E-state index contributed by atoms with van der Waals surface area (Å²) in [5, 5.41) is 15.2. The smallest absolute Gasteiger partial charge is 0.305 e. The molecule has 1 aromatic heterocycles. The molecular formula is C13H15N3O5. The van der Waals surface area contributed by atoms with Crippen molar-refractivity contribution in [1.29, 1.82) is 0 Å². The first kappa shape index (κ1) is 13.6. The summed E-state index contributed by atoms with van der Waals surface area (Å²) in [5.74, 6) is -1.04. The second-order valence-electron chi connectivity index (χ2n) is 5.29. The van der Waals surface area contributed by atoms with Gasteiger partial charge in [-0.25, -0.2) is 0 Å². The number of nitrogens with one attached hydrogen (secondary N) is 1. The van der Waals surface area contributed by atoms with Gasteiger partial charge in [0.15, 0.2) is 5.69 Å². The Hall–Kier alpha value is -2.38. The standard InChI is InChI=1S/C13H15N3O5/c17-11(18)6-9-12(19)14-3-4-16(9)13(20)8-5-10(21-15-8)7-1-2-7/h5,7,9H,1-4,6H2,(H,14,19)(H,17,18). The molecule has 2 amide bonds. The molecule has 3 rings (SSSR count). The molecule has 112 valence electrons. The van der Waals surface area contributed by atoms with Crippen LogP contribution in [-0.2, 0) is 9.59 Å². The zero-order valence-electron chi connectivity index (χ0n) is 11.2. The van der Waals surface area contributed by atoms with Crippen LogP contribution in [0.15, 0.2) is 10.6 Å². The van der Waals surface area contributed by atoms with Crippen molar-refractivity contribution in [2.24, 2.45) is 0 Å². The first-order valence-corrected chi connectivity index (χ1v) is 6.83. The summed E-state index contributed by atoms with van der Waals surface area (Å²) < 4.78 is 5.13. The van der Waals surface area contributed by atoms with Crippen molar-refractivity contribution in [3.8, 4) is 0 Å². The molecule has 0 spiro atoms. The van der Waals surface area contributed by atoms with Gasteiger partial charge in [-0.05, 0) is 12.8 Å². The van der Waals surface area contributed by atoms with Crippen molar-refractivity contribution in [2.75, 3.05) is 13.1 Å². The fourth-order valence-electron chi connectivity index (χ4n) is 2.42. The molecule has 21 heavy (non-hydrogen) atoms. The number of carbonyl (C=O) groups is 3. The van der Waals surface area contributed by atoms with Crippen LogP contribution < -0.4 is 5.32 Å². The molecule has 1 saturated heterocycles. The fourth-order valence-corrected chi connectivity index (χ4v) is 2.42. The Morgan fingerprint density at radius 1 is 1.48 bits per heavy atom. The molecule has 1 saturated carbocycles. The average Bonchev–Trinajstić information content (AvgIpc) is 3.18. The molecule has 1 atom stereocenters. The normalized spacial score (nSPS) is 22.0. The maximum absolute atomic E-state index is 12.4. The average molecular weight is 293 g/mol. The minimum Gasteiger partial charge on any atom is -0.481 e. The lowest BCUT2D eigenvalue weighted by atomic mass is 10.1. The Labute approximate surface area is 120 Å². The lowest BCUT2D eigenvalue weighted by Crippen LogP contribution is -2.57. The molecule has 1 unspecified atom stereocenters. The van der Waals surface area contributed by atoms with Gasteiger partial charge >= 0.3 is 5.97 Å². The zero-order valence-corrected chi connectivity index (χ0v) is 11.2. The third-order valence-electron chi connectivity index (χ3n) is 3.69. The second-order valence-corrected chi connectivity index (χ2v) is 5.29. The van der Waals surface area contributed by atoms with E-state index in [1.54, 1.807) is 6.07 Å². The largest absolute Gasteiger partial charge is 0.481 e. The van der Waals surface area contributed by atoms with Crippen LogP contribution >= 0.6 is 0 Å². The van der Waals surface area contributed by atoms with Gasteiger partial charge in [-0.3, -0.25) is 14.4 Å². The van der Waals surface area contributed by atoms with Gasteiger partial charge in [0.05, 0.1) is 6.42 Å². The van der Waals surface area contributed by atoms with Gasteiger partial charge in [0.2, 0.25) is 5.91 Å². The maximum atomic E-state index is 12.4. The topological polar surface area (TPSA) is 113 Å². The van der Waals surface area contributed by atoms with Crippen molar-refractivity contribution in [3.05, 3.63) is 17.5 Å². The van der Waals surface area contributed by atoms with E-state index in [1.165, 1.54) is 4.90 Å². The number of piperazine rings is 1. The highest BCUT2D eigenvalue weighted by atomic mass is 16.5. The van der Waals surface area contributed by atoms with Crippen LogP contribution in [0, 0.1) is 0 Å². The number of hydrogen-bond donors (Lipinski definition) is 2. The fraction of sp³-hybridized carbons (Fsp3) is 0.538. The van der Waals surface area contributed by atoms with E-state index < -0.39 is 30.2 Å². The number of carboxylic acids is 1. The monoisotopic (exact) mass is 293 g/mol. The van der Waals surface area contributed by atoms with E-state index in [4.69, 9.17) is 9.63 Å². The minimum atomic E-state index is -1.13. The van der Waals surface area contributed by atoms with Crippen molar-refractivity contribution in [1.82, 2.24) is 15.4 Å². The second kappa shape index (κ2) is 5.19. The molecule has 0 bridgehead atoms. The summed E-state index contributed by atoms with van der Waals surface area (Å²) in [4.78, 5) is 36.3. The van der Waals surface area contributed by atoms with Gasteiger partial charge in [0.1, 0.15) is 11.8 Å². The predicted molar refractivity (Wildman–Crippen MR) is 68.6 cm³/mol. The highest BCUT2D eigenvalue weighted by Gasteiger charge is 2.37. The number of carboxylic acid groups (broad SMARTS) is 1. The predicted octanol–water partition coefficient (Wildman–Crippen LogP) is -0.0327. The van der Waals surface area contributed by atoms with E-state index in [0.29, 0.717) is 18.2 Å². The Balaban J connectivity index is 1.79. The molecular weight excluding hydrogens is 278 g/mol. The Kier molecular flexibility index (Phi) is 3.36. The molecule has 1 aliphatic carbocycles. The Morgan fingerprint density at radius 3 is 2.90 bits per heavy atom. The summed E-state index contributed by atoms with van der Waals surface area (Å²) in [6, 6.07) is 0.578. The highest BCUT2D eigenvalue weighted by molar-refractivity contribution is 5.98. The van der Waals surface area contributed by atoms with Gasteiger partial charge in [0.25, 0.3) is 5.91 Å². The van der Waals surface area contributed by atoms with Crippen LogP contribution in [0.4, 0.5) is 0 Å². The molecule has 8 heteroatoms. The Morgan fingerprint density at radius 2 is 2.24 bits per heavy atom. The lowest BCUT2D eigenvalue weighted by Gasteiger charge is -2.33. The number of aromatic nitrogens is 1. The minimum absolute atomic E-state index is 0.127. The van der Waals surface area contributed by atoms with Crippen LogP contribution in [0.25, 0.3) is 0 Å². The summed E-state index contributed by atoms with van der Waals surface area (Å²) >= 11 is 0. The van der Waals surface area contributed by atoms with Crippen molar-refractivity contribution in [2.45, 2.75) is 31.2 Å². The zero-order chi connectivity index (χ0) is 15.0. The van der Waals surface area contributed by atoms with E-state index >= 15 is 0 Å². The summed E-state index contributed by atoms with van der Waals surface area (Å²) in [7, 11) is 0. The number of amides is 2. The van der Waals surface area contributed by atoms with Gasteiger partial charge < -0.3 is 19.8 Å². The lowest BCUT2D eigenvalue weighted by molar-refractivity contribution is -0.142. The molecule has 0 radical (unpaired) electrons. The van der Waals surface area contributed by atoms with Crippen molar-refractivity contribution < 1.29 is 24.0 Å². The first-order valence-electron chi connectivity index (χ1n) is 6.83. The number of hydrogen-bond acceptors (Lipinski definition) is 5. The van der Waals surface area contributed by atoms with E-state index in [-0.39, 0.29) is 12.2 Å². The quantitative estimate of drug-likeness (QED) is 0.806. The SMILES string of the molecule is O=C(O)CC1C(=O)NCCN1C(=O)c1cc(C2CC2)on1. The molecule has 8 nitrogen and oxygen atoms in total. The van der Waals surface area contributed by atoms with Crippen LogP contribution in [-0.4, -0.2) is 52.1 Å². The third kappa shape index (κ3) is 2.74. The highest BCUT2D eigenvalue weighted by Crippen LogP contribution is 2.40. The van der Waals surface area contributed by atoms with Crippen molar-refractivity contribution >= 4 is 17.8 Å². The number of nitrogens with zero attached hydrogens (tertiary/aromatic N) is 2. The van der Waals surface area contributed by atoms with Crippen LogP contribution in [0.5, 0.6) is 0 Å². The molecule has 1 aromatic rings. The molecule has 0 aromatic carbocycles. The summed E-state index contributed by atoms with van der Waals surface area (Å²) in [6.07, 6.45) is 1.62. The van der Waals surface area contributed by atoms with Crippen molar-refractivity contribution in [3.63, 3.8) is 0 Å². The molecule has 2 aliphatic rings. The Bertz CT molecular complexity index is 592. The van der Waals surface area contributed by atoms with E-state index in [1.807, 2.05) is 0 Å². The summed E-state index contributed by atoms with van der Waals surface area (Å²) in [5.41, 5.74) is 0.127. The van der Waals surface area contributed by atoms with Crippen LogP contribution in [0.3, 0.4) is 0 Å². The number of rotatable bonds is 4. The van der Waals surface area contributed by atoms with Crippen LogP contribution in [0.1, 0.15) is 41.4 Å². The van der Waals surface area contributed by atoms with E-state index in [0.717, 1.165) is 12.8 Å². The summed E-state index contributed by atoms with van der Waals surface area (Å²) in [6.45, 7) is 0.558. The molecule has 2 N–H and O–H groups in total.